The third kappa shape index (κ3) is 4.56. The molecule has 116 valence electrons. The first kappa shape index (κ1) is 16.0. The first-order valence-corrected chi connectivity index (χ1v) is 7.46. The van der Waals surface area contributed by atoms with E-state index in [9.17, 15) is 14.0 Å². The Morgan fingerprint density at radius 3 is 2.68 bits per heavy atom. The van der Waals surface area contributed by atoms with Gasteiger partial charge in [-0.2, -0.15) is 0 Å². The molecule has 2 N–H and O–H groups in total. The zero-order valence-electron chi connectivity index (χ0n) is 11.8. The molecule has 22 heavy (non-hydrogen) atoms. The summed E-state index contributed by atoms with van der Waals surface area (Å²) in [5.74, 6) is -1.48. The first-order valence-electron chi connectivity index (χ1n) is 6.58. The molecule has 1 atom stereocenters. The van der Waals surface area contributed by atoms with Gasteiger partial charge in [0.25, 0.3) is 5.91 Å². The summed E-state index contributed by atoms with van der Waals surface area (Å²) in [6.07, 6.45) is -0.764. The standard InChI is InChI=1S/C15H15FN2O3S/c1-10(21-13-7-3-2-6-12(13)16)15(20)18-17-14(19)9-11-5-4-8-22-11/h2-8,10H,9H2,1H3,(H,17,19)(H,18,20)/t10-/m0/s1. The van der Waals surface area contributed by atoms with Crippen LogP contribution in [0.15, 0.2) is 41.8 Å². The van der Waals surface area contributed by atoms with Gasteiger partial charge in [-0.25, -0.2) is 4.39 Å². The third-order valence-electron chi connectivity index (χ3n) is 2.75. The summed E-state index contributed by atoms with van der Waals surface area (Å²) in [4.78, 5) is 24.3. The molecular weight excluding hydrogens is 307 g/mol. The number of nitrogens with one attached hydrogen (secondary N) is 2. The largest absolute Gasteiger partial charge is 0.478 e. The van der Waals surface area contributed by atoms with Crippen LogP contribution in [0.4, 0.5) is 4.39 Å². The topological polar surface area (TPSA) is 67.4 Å². The molecule has 1 heterocycles. The van der Waals surface area contributed by atoms with Gasteiger partial charge in [0.15, 0.2) is 17.7 Å². The fourth-order valence-electron chi connectivity index (χ4n) is 1.63. The Balaban J connectivity index is 1.79. The summed E-state index contributed by atoms with van der Waals surface area (Å²) < 4.78 is 18.6. The summed E-state index contributed by atoms with van der Waals surface area (Å²) >= 11 is 1.46. The molecule has 0 aliphatic rings. The van der Waals surface area contributed by atoms with Crippen LogP contribution in [0.1, 0.15) is 11.8 Å². The Labute approximate surface area is 131 Å². The van der Waals surface area contributed by atoms with Crippen molar-refractivity contribution < 1.29 is 18.7 Å². The van der Waals surface area contributed by atoms with Crippen molar-refractivity contribution in [3.8, 4) is 5.75 Å². The molecule has 0 saturated carbocycles. The summed E-state index contributed by atoms with van der Waals surface area (Å²) in [7, 11) is 0. The minimum atomic E-state index is -0.945. The number of hydrogen-bond donors (Lipinski definition) is 2. The van der Waals surface area contributed by atoms with E-state index in [2.05, 4.69) is 10.9 Å². The molecular formula is C15H15FN2O3S. The highest BCUT2D eigenvalue weighted by Crippen LogP contribution is 2.16. The highest BCUT2D eigenvalue weighted by molar-refractivity contribution is 7.10. The van der Waals surface area contributed by atoms with Gasteiger partial charge in [0.1, 0.15) is 0 Å². The minimum absolute atomic E-state index is 0.0185. The normalized spacial score (nSPS) is 11.5. The van der Waals surface area contributed by atoms with Gasteiger partial charge >= 0.3 is 0 Å². The van der Waals surface area contributed by atoms with Crippen LogP contribution < -0.4 is 15.6 Å². The summed E-state index contributed by atoms with van der Waals surface area (Å²) in [5, 5.41) is 1.87. The molecule has 1 aromatic heterocycles. The molecule has 0 saturated heterocycles. The number of rotatable bonds is 5. The number of amides is 2. The number of carbonyl (C=O) groups is 2. The predicted octanol–water partition coefficient (Wildman–Crippen LogP) is 2.04. The second kappa shape index (κ2) is 7.56. The van der Waals surface area contributed by atoms with Crippen molar-refractivity contribution in [3.05, 3.63) is 52.5 Å². The second-order valence-electron chi connectivity index (χ2n) is 4.48. The molecule has 1 aromatic carbocycles. The van der Waals surface area contributed by atoms with E-state index in [0.29, 0.717) is 0 Å². The molecule has 2 rings (SSSR count). The number of benzene rings is 1. The van der Waals surface area contributed by atoms with Gasteiger partial charge in [-0.1, -0.05) is 18.2 Å². The van der Waals surface area contributed by atoms with E-state index in [1.165, 1.54) is 36.5 Å². The molecule has 0 spiro atoms. The fraction of sp³-hybridized carbons (Fsp3) is 0.200. The van der Waals surface area contributed by atoms with E-state index in [4.69, 9.17) is 4.74 Å². The lowest BCUT2D eigenvalue weighted by molar-refractivity contribution is -0.132. The van der Waals surface area contributed by atoms with E-state index in [-0.39, 0.29) is 18.1 Å². The van der Waals surface area contributed by atoms with Crippen LogP contribution in [0.5, 0.6) is 5.75 Å². The maximum atomic E-state index is 13.4. The Morgan fingerprint density at radius 2 is 2.00 bits per heavy atom. The Hall–Kier alpha value is -2.41. The van der Waals surface area contributed by atoms with Crippen molar-refractivity contribution in [2.45, 2.75) is 19.4 Å². The minimum Gasteiger partial charge on any atom is -0.478 e. The van der Waals surface area contributed by atoms with E-state index in [1.54, 1.807) is 6.07 Å². The zero-order chi connectivity index (χ0) is 15.9. The molecule has 0 aliphatic heterocycles. The van der Waals surface area contributed by atoms with E-state index in [0.717, 1.165) is 4.88 Å². The van der Waals surface area contributed by atoms with Crippen LogP contribution in [0.3, 0.4) is 0 Å². The maximum absolute atomic E-state index is 13.4. The first-order chi connectivity index (χ1) is 10.6. The monoisotopic (exact) mass is 322 g/mol. The van der Waals surface area contributed by atoms with Crippen molar-refractivity contribution in [2.24, 2.45) is 0 Å². The van der Waals surface area contributed by atoms with Crippen molar-refractivity contribution in [1.82, 2.24) is 10.9 Å². The Bertz CT molecular complexity index is 646. The van der Waals surface area contributed by atoms with Gasteiger partial charge < -0.3 is 4.74 Å². The predicted molar refractivity (Wildman–Crippen MR) is 80.8 cm³/mol. The molecule has 0 unspecified atom stereocenters. The SMILES string of the molecule is C[C@H](Oc1ccccc1F)C(=O)NNC(=O)Cc1cccs1. The zero-order valence-corrected chi connectivity index (χ0v) is 12.7. The summed E-state index contributed by atoms with van der Waals surface area (Å²) in [5.41, 5.74) is 4.55. The number of halogens is 1. The van der Waals surface area contributed by atoms with E-state index >= 15 is 0 Å². The maximum Gasteiger partial charge on any atom is 0.279 e. The third-order valence-corrected chi connectivity index (χ3v) is 3.63. The van der Waals surface area contributed by atoms with Gasteiger partial charge in [-0.15, -0.1) is 11.3 Å². The fourth-order valence-corrected chi connectivity index (χ4v) is 2.34. The lowest BCUT2D eigenvalue weighted by Gasteiger charge is -2.15. The Kier molecular flexibility index (Phi) is 5.48. The quantitative estimate of drug-likeness (QED) is 0.828. The van der Waals surface area contributed by atoms with Crippen molar-refractivity contribution in [3.63, 3.8) is 0 Å². The Morgan fingerprint density at radius 1 is 1.23 bits per heavy atom. The smallest absolute Gasteiger partial charge is 0.279 e. The molecule has 0 bridgehead atoms. The van der Waals surface area contributed by atoms with Crippen LogP contribution >= 0.6 is 11.3 Å². The van der Waals surface area contributed by atoms with Crippen molar-refractivity contribution >= 4 is 23.2 Å². The van der Waals surface area contributed by atoms with Gasteiger partial charge in [-0.3, -0.25) is 20.4 Å². The van der Waals surface area contributed by atoms with Crippen LogP contribution in [-0.4, -0.2) is 17.9 Å². The van der Waals surface area contributed by atoms with Crippen LogP contribution in [0, 0.1) is 5.82 Å². The molecule has 0 fully saturated rings. The molecule has 2 amide bonds. The van der Waals surface area contributed by atoms with E-state index in [1.807, 2.05) is 17.5 Å². The number of thiophene rings is 1. The summed E-state index contributed by atoms with van der Waals surface area (Å²) in [6, 6.07) is 9.47. The molecule has 0 radical (unpaired) electrons. The number of hydrazine groups is 1. The summed E-state index contributed by atoms with van der Waals surface area (Å²) in [6.45, 7) is 1.47. The number of carbonyl (C=O) groups excluding carboxylic acids is 2. The second-order valence-corrected chi connectivity index (χ2v) is 5.52. The highest BCUT2D eigenvalue weighted by Gasteiger charge is 2.17. The number of para-hydroxylation sites is 1. The molecule has 7 heteroatoms. The van der Waals surface area contributed by atoms with Crippen molar-refractivity contribution in [2.75, 3.05) is 0 Å². The lowest BCUT2D eigenvalue weighted by atomic mass is 10.3. The van der Waals surface area contributed by atoms with Crippen LogP contribution in [0.25, 0.3) is 0 Å². The van der Waals surface area contributed by atoms with Gasteiger partial charge in [0.05, 0.1) is 6.42 Å². The van der Waals surface area contributed by atoms with Crippen LogP contribution in [0.2, 0.25) is 0 Å². The molecule has 0 aliphatic carbocycles. The lowest BCUT2D eigenvalue weighted by Crippen LogP contribution is -2.47. The molecule has 2 aromatic rings. The van der Waals surface area contributed by atoms with Crippen molar-refractivity contribution in [1.29, 1.82) is 0 Å². The highest BCUT2D eigenvalue weighted by atomic mass is 32.1. The van der Waals surface area contributed by atoms with Gasteiger partial charge in [-0.05, 0) is 30.5 Å². The average molecular weight is 322 g/mol. The van der Waals surface area contributed by atoms with Crippen LogP contribution in [-0.2, 0) is 16.0 Å². The number of hydrogen-bond acceptors (Lipinski definition) is 4. The van der Waals surface area contributed by atoms with E-state index < -0.39 is 17.8 Å². The van der Waals surface area contributed by atoms with Gasteiger partial charge in [0, 0.05) is 4.88 Å². The molecule has 5 nitrogen and oxygen atoms in total. The van der Waals surface area contributed by atoms with Gasteiger partial charge in [0.2, 0.25) is 5.91 Å². The number of ether oxygens (including phenoxy) is 1. The average Bonchev–Trinajstić information content (AvgIpc) is 3.00.